The van der Waals surface area contributed by atoms with Gasteiger partial charge in [0.25, 0.3) is 0 Å². The number of nitrogens with zero attached hydrogens (tertiary/aromatic N) is 1. The average Bonchev–Trinajstić information content (AvgIpc) is 2.66. The molecule has 3 rings (SSSR count). The number of rotatable bonds is 7. The van der Waals surface area contributed by atoms with E-state index in [0.29, 0.717) is 18.1 Å². The van der Waals surface area contributed by atoms with Gasteiger partial charge in [0, 0.05) is 37.4 Å². The van der Waals surface area contributed by atoms with E-state index in [1.807, 2.05) is 59.5 Å². The molecule has 0 aromatic heterocycles. The van der Waals surface area contributed by atoms with E-state index in [0.717, 1.165) is 43.9 Å². The molecular formula is C21H24ClNO3. The maximum absolute atomic E-state index is 12.3. The van der Waals surface area contributed by atoms with Gasteiger partial charge in [-0.25, -0.2) is 0 Å². The lowest BCUT2D eigenvalue weighted by Crippen LogP contribution is -2.41. The molecule has 0 N–H and O–H groups in total. The number of hydrogen-bond acceptors (Lipinski definition) is 3. The summed E-state index contributed by atoms with van der Waals surface area (Å²) in [6.07, 6.45) is 3.08. The number of carbonyl (C=O) groups excluding carboxylic acids is 1. The minimum Gasteiger partial charge on any atom is -0.494 e. The third kappa shape index (κ3) is 5.67. The van der Waals surface area contributed by atoms with Crippen LogP contribution in [-0.4, -0.2) is 36.6 Å². The summed E-state index contributed by atoms with van der Waals surface area (Å²) < 4.78 is 11.6. The quantitative estimate of drug-likeness (QED) is 0.667. The van der Waals surface area contributed by atoms with Gasteiger partial charge in [-0.15, -0.1) is 0 Å². The third-order valence-corrected chi connectivity index (χ3v) is 4.68. The van der Waals surface area contributed by atoms with Crippen LogP contribution in [-0.2, 0) is 4.79 Å². The molecule has 0 unspecified atom stereocenters. The summed E-state index contributed by atoms with van der Waals surface area (Å²) in [7, 11) is 0. The first kappa shape index (κ1) is 18.6. The number of benzene rings is 2. The minimum absolute atomic E-state index is 0.138. The van der Waals surface area contributed by atoms with Crippen molar-refractivity contribution >= 4 is 17.5 Å². The van der Waals surface area contributed by atoms with Crippen LogP contribution in [0.15, 0.2) is 54.6 Å². The maximum atomic E-state index is 12.3. The normalized spacial score (nSPS) is 14.9. The molecule has 1 heterocycles. The summed E-state index contributed by atoms with van der Waals surface area (Å²) in [6, 6.07) is 17.1. The lowest BCUT2D eigenvalue weighted by molar-refractivity contribution is -0.133. The van der Waals surface area contributed by atoms with Crippen molar-refractivity contribution in [2.75, 3.05) is 19.7 Å². The van der Waals surface area contributed by atoms with Crippen molar-refractivity contribution in [1.29, 1.82) is 0 Å². The number of piperidine rings is 1. The van der Waals surface area contributed by atoms with Crippen LogP contribution >= 0.6 is 11.6 Å². The van der Waals surface area contributed by atoms with Crippen LogP contribution < -0.4 is 9.47 Å². The first-order valence-corrected chi connectivity index (χ1v) is 9.46. The molecule has 0 spiro atoms. The third-order valence-electron chi connectivity index (χ3n) is 4.44. The van der Waals surface area contributed by atoms with Crippen molar-refractivity contribution in [2.24, 2.45) is 0 Å². The average molecular weight is 374 g/mol. The van der Waals surface area contributed by atoms with Gasteiger partial charge in [0.1, 0.15) is 17.6 Å². The highest BCUT2D eigenvalue weighted by Crippen LogP contribution is 2.22. The molecule has 0 radical (unpaired) electrons. The van der Waals surface area contributed by atoms with Crippen LogP contribution in [0.25, 0.3) is 0 Å². The van der Waals surface area contributed by atoms with Gasteiger partial charge in [0.2, 0.25) is 5.91 Å². The number of carbonyl (C=O) groups is 1. The van der Waals surface area contributed by atoms with Crippen LogP contribution in [0.4, 0.5) is 0 Å². The van der Waals surface area contributed by atoms with Crippen LogP contribution in [0.2, 0.25) is 5.02 Å². The summed E-state index contributed by atoms with van der Waals surface area (Å²) in [5.74, 6) is 1.84. The highest BCUT2D eigenvalue weighted by atomic mass is 35.5. The lowest BCUT2D eigenvalue weighted by atomic mass is 10.1. The Balaban J connectivity index is 1.34. The molecule has 0 bridgehead atoms. The summed E-state index contributed by atoms with van der Waals surface area (Å²) in [4.78, 5) is 14.3. The molecule has 26 heavy (non-hydrogen) atoms. The van der Waals surface area contributed by atoms with Crippen molar-refractivity contribution in [2.45, 2.75) is 31.8 Å². The molecule has 4 nitrogen and oxygen atoms in total. The first-order valence-electron chi connectivity index (χ1n) is 9.08. The predicted molar refractivity (Wildman–Crippen MR) is 103 cm³/mol. The molecule has 138 valence electrons. The summed E-state index contributed by atoms with van der Waals surface area (Å²) in [5.41, 5.74) is 0. The van der Waals surface area contributed by atoms with Gasteiger partial charge >= 0.3 is 0 Å². The number of amides is 1. The van der Waals surface area contributed by atoms with Crippen LogP contribution in [0, 0.1) is 0 Å². The topological polar surface area (TPSA) is 38.8 Å². The van der Waals surface area contributed by atoms with Crippen molar-refractivity contribution in [3.63, 3.8) is 0 Å². The molecule has 1 aliphatic heterocycles. The van der Waals surface area contributed by atoms with Crippen LogP contribution in [0.1, 0.15) is 25.7 Å². The zero-order chi connectivity index (χ0) is 18.2. The predicted octanol–water partition coefficient (Wildman–Crippen LogP) is 4.57. The Morgan fingerprint density at radius 1 is 1.04 bits per heavy atom. The van der Waals surface area contributed by atoms with E-state index in [9.17, 15) is 4.79 Å². The van der Waals surface area contributed by atoms with E-state index in [1.54, 1.807) is 0 Å². The van der Waals surface area contributed by atoms with Gasteiger partial charge < -0.3 is 14.4 Å². The second-order valence-electron chi connectivity index (χ2n) is 6.42. The molecule has 0 saturated carbocycles. The number of halogens is 1. The SMILES string of the molecule is O=C(CCCOc1ccccc1)N1CCC(Oc2cccc(Cl)c2)CC1. The van der Waals surface area contributed by atoms with E-state index >= 15 is 0 Å². The second-order valence-corrected chi connectivity index (χ2v) is 6.86. The van der Waals surface area contributed by atoms with Crippen LogP contribution in [0.3, 0.4) is 0 Å². The fourth-order valence-corrected chi connectivity index (χ4v) is 3.22. The Morgan fingerprint density at radius 2 is 1.77 bits per heavy atom. The van der Waals surface area contributed by atoms with Gasteiger partial charge in [0.05, 0.1) is 6.61 Å². The molecule has 1 fully saturated rings. The van der Waals surface area contributed by atoms with Crippen molar-refractivity contribution in [1.82, 2.24) is 4.90 Å². The summed E-state index contributed by atoms with van der Waals surface area (Å²) in [6.45, 7) is 2.04. The Hall–Kier alpha value is -2.20. The molecule has 2 aromatic rings. The molecule has 1 saturated heterocycles. The Morgan fingerprint density at radius 3 is 2.50 bits per heavy atom. The molecule has 0 aliphatic carbocycles. The Labute approximate surface area is 159 Å². The van der Waals surface area contributed by atoms with Gasteiger partial charge in [-0.1, -0.05) is 35.9 Å². The van der Waals surface area contributed by atoms with Crippen molar-refractivity contribution < 1.29 is 14.3 Å². The number of hydrogen-bond donors (Lipinski definition) is 0. The monoisotopic (exact) mass is 373 g/mol. The van der Waals surface area contributed by atoms with E-state index in [2.05, 4.69) is 0 Å². The molecule has 2 aromatic carbocycles. The second kappa shape index (κ2) is 9.48. The van der Waals surface area contributed by atoms with Crippen LogP contribution in [0.5, 0.6) is 11.5 Å². The van der Waals surface area contributed by atoms with Crippen molar-refractivity contribution in [3.8, 4) is 11.5 Å². The standard InChI is InChI=1S/C21H24ClNO3/c22-17-6-4-9-20(16-17)26-19-11-13-23(14-12-19)21(24)10-5-15-25-18-7-2-1-3-8-18/h1-4,6-9,16,19H,5,10-15H2. The Bertz CT molecular complexity index is 699. The fourth-order valence-electron chi connectivity index (χ4n) is 3.04. The first-order chi connectivity index (χ1) is 12.7. The summed E-state index contributed by atoms with van der Waals surface area (Å²) >= 11 is 5.98. The van der Waals surface area contributed by atoms with E-state index in [1.165, 1.54) is 0 Å². The molecule has 1 amide bonds. The van der Waals surface area contributed by atoms with Gasteiger partial charge in [0.15, 0.2) is 0 Å². The smallest absolute Gasteiger partial charge is 0.222 e. The Kier molecular flexibility index (Phi) is 6.78. The van der Waals surface area contributed by atoms with Crippen molar-refractivity contribution in [3.05, 3.63) is 59.6 Å². The number of para-hydroxylation sites is 1. The number of ether oxygens (including phenoxy) is 2. The molecule has 0 atom stereocenters. The van der Waals surface area contributed by atoms with E-state index in [-0.39, 0.29) is 12.0 Å². The summed E-state index contributed by atoms with van der Waals surface area (Å²) in [5, 5.41) is 0.674. The van der Waals surface area contributed by atoms with E-state index in [4.69, 9.17) is 21.1 Å². The lowest BCUT2D eigenvalue weighted by Gasteiger charge is -2.32. The van der Waals surface area contributed by atoms with Gasteiger partial charge in [-0.3, -0.25) is 4.79 Å². The minimum atomic E-state index is 0.138. The highest BCUT2D eigenvalue weighted by molar-refractivity contribution is 6.30. The maximum Gasteiger partial charge on any atom is 0.222 e. The zero-order valence-corrected chi connectivity index (χ0v) is 15.5. The van der Waals surface area contributed by atoms with E-state index < -0.39 is 0 Å². The van der Waals surface area contributed by atoms with Gasteiger partial charge in [-0.05, 0) is 36.8 Å². The molecule has 1 aliphatic rings. The molecule has 5 heteroatoms. The zero-order valence-electron chi connectivity index (χ0n) is 14.8. The largest absolute Gasteiger partial charge is 0.494 e. The number of likely N-dealkylation sites (tertiary alicyclic amines) is 1. The molecular weight excluding hydrogens is 350 g/mol. The van der Waals surface area contributed by atoms with Gasteiger partial charge in [-0.2, -0.15) is 0 Å². The highest BCUT2D eigenvalue weighted by Gasteiger charge is 2.23. The fraction of sp³-hybridized carbons (Fsp3) is 0.381.